The summed E-state index contributed by atoms with van der Waals surface area (Å²) < 4.78 is 0. The highest BCUT2D eigenvalue weighted by Gasteiger charge is 2.41. The molecule has 1 aliphatic heterocycles. The standard InChI is InChI=1S/C26H18Cl3N/c27-20-13-21(28)26-23(24(20)29)18-10-5-11-19(18)25(30-26)22-16-8-3-1-6-14(16)12-15-7-2-4-9-17(15)22/h1-10,12-13,18-19,25,30H,11H2/t18-,19+,25-/m1/s1. The number of anilines is 1. The SMILES string of the molecule is Clc1cc(Cl)c2c(c1Cl)[C@@H]1C=CC[C@@H]1[C@H](c1c3ccccc3cc3ccccc13)N2. The van der Waals surface area contributed by atoms with Gasteiger partial charge in [0.1, 0.15) is 0 Å². The summed E-state index contributed by atoms with van der Waals surface area (Å²) in [6, 6.07) is 21.4. The maximum atomic E-state index is 6.67. The lowest BCUT2D eigenvalue weighted by molar-refractivity contribution is 0.429. The Balaban J connectivity index is 1.66. The molecule has 4 aromatic carbocycles. The molecule has 4 aromatic rings. The monoisotopic (exact) mass is 449 g/mol. The van der Waals surface area contributed by atoms with Crippen LogP contribution in [0, 0.1) is 5.92 Å². The quantitative estimate of drug-likeness (QED) is 0.173. The van der Waals surface area contributed by atoms with Gasteiger partial charge in [-0.2, -0.15) is 0 Å². The Bertz CT molecular complexity index is 1300. The fourth-order valence-corrected chi connectivity index (χ4v) is 6.14. The minimum atomic E-state index is 0.114. The molecular weight excluding hydrogens is 433 g/mol. The van der Waals surface area contributed by atoms with Crippen LogP contribution in [0.3, 0.4) is 0 Å². The molecule has 4 heteroatoms. The van der Waals surface area contributed by atoms with Crippen LogP contribution in [0.2, 0.25) is 15.1 Å². The van der Waals surface area contributed by atoms with Gasteiger partial charge in [0.05, 0.1) is 26.8 Å². The van der Waals surface area contributed by atoms with Gasteiger partial charge in [-0.25, -0.2) is 0 Å². The van der Waals surface area contributed by atoms with Crippen molar-refractivity contribution in [2.45, 2.75) is 18.4 Å². The second-order valence-corrected chi connectivity index (χ2v) is 9.34. The van der Waals surface area contributed by atoms with Crippen LogP contribution >= 0.6 is 34.8 Å². The van der Waals surface area contributed by atoms with Gasteiger partial charge < -0.3 is 5.32 Å². The zero-order valence-electron chi connectivity index (χ0n) is 16.0. The molecule has 0 aromatic heterocycles. The van der Waals surface area contributed by atoms with Crippen LogP contribution in [0.4, 0.5) is 5.69 Å². The van der Waals surface area contributed by atoms with E-state index in [-0.39, 0.29) is 12.0 Å². The van der Waals surface area contributed by atoms with Gasteiger partial charge in [0.25, 0.3) is 0 Å². The molecule has 0 fully saturated rings. The van der Waals surface area contributed by atoms with E-state index in [0.717, 1.165) is 17.7 Å². The summed E-state index contributed by atoms with van der Waals surface area (Å²) in [5, 5.41) is 10.6. The first-order valence-corrected chi connectivity index (χ1v) is 11.3. The van der Waals surface area contributed by atoms with Crippen molar-refractivity contribution >= 4 is 62.0 Å². The Morgan fingerprint density at radius 1 is 0.767 bits per heavy atom. The molecule has 6 rings (SSSR count). The smallest absolute Gasteiger partial charge is 0.0656 e. The molecular formula is C26H18Cl3N. The predicted molar refractivity (Wildman–Crippen MR) is 129 cm³/mol. The second kappa shape index (κ2) is 6.92. The summed E-state index contributed by atoms with van der Waals surface area (Å²) in [4.78, 5) is 0. The van der Waals surface area contributed by atoms with Crippen LogP contribution < -0.4 is 5.32 Å². The van der Waals surface area contributed by atoms with E-state index in [2.05, 4.69) is 72.1 Å². The number of hydrogen-bond acceptors (Lipinski definition) is 1. The molecule has 30 heavy (non-hydrogen) atoms. The zero-order valence-corrected chi connectivity index (χ0v) is 18.3. The van der Waals surface area contributed by atoms with E-state index in [1.54, 1.807) is 6.07 Å². The number of fused-ring (bicyclic) bond motifs is 5. The van der Waals surface area contributed by atoms with Crippen molar-refractivity contribution < 1.29 is 0 Å². The first-order valence-electron chi connectivity index (χ1n) is 10.1. The summed E-state index contributed by atoms with van der Waals surface area (Å²) in [5.74, 6) is 0.534. The van der Waals surface area contributed by atoms with E-state index < -0.39 is 0 Å². The van der Waals surface area contributed by atoms with E-state index >= 15 is 0 Å². The summed E-state index contributed by atoms with van der Waals surface area (Å²) in [5.41, 5.74) is 3.25. The number of allylic oxidation sites excluding steroid dienone is 2. The number of benzene rings is 4. The molecule has 3 atom stereocenters. The number of nitrogens with one attached hydrogen (secondary N) is 1. The third-order valence-corrected chi connectivity index (χ3v) is 7.71. The average Bonchev–Trinajstić information content (AvgIpc) is 3.25. The van der Waals surface area contributed by atoms with Crippen LogP contribution in [-0.4, -0.2) is 0 Å². The lowest BCUT2D eigenvalue weighted by Gasteiger charge is -2.39. The van der Waals surface area contributed by atoms with E-state index in [9.17, 15) is 0 Å². The van der Waals surface area contributed by atoms with Crippen LogP contribution in [0.5, 0.6) is 0 Å². The van der Waals surface area contributed by atoms with Crippen molar-refractivity contribution in [3.05, 3.63) is 99.0 Å². The van der Waals surface area contributed by atoms with Gasteiger partial charge in [0, 0.05) is 11.5 Å². The molecule has 0 amide bonds. The average molecular weight is 451 g/mol. The fraction of sp³-hybridized carbons (Fsp3) is 0.154. The topological polar surface area (TPSA) is 12.0 Å². The van der Waals surface area contributed by atoms with Gasteiger partial charge in [0.2, 0.25) is 0 Å². The van der Waals surface area contributed by atoms with Crippen molar-refractivity contribution in [1.29, 1.82) is 0 Å². The van der Waals surface area contributed by atoms with Crippen molar-refractivity contribution in [2.75, 3.05) is 5.32 Å². The maximum Gasteiger partial charge on any atom is 0.0656 e. The number of hydrogen-bond donors (Lipinski definition) is 1. The minimum Gasteiger partial charge on any atom is -0.376 e. The summed E-state index contributed by atoms with van der Waals surface area (Å²) in [6.07, 6.45) is 5.51. The molecule has 0 saturated carbocycles. The Morgan fingerprint density at radius 3 is 2.13 bits per heavy atom. The number of halogens is 3. The second-order valence-electron chi connectivity index (χ2n) is 8.15. The maximum absolute atomic E-state index is 6.67. The normalized spacial score (nSPS) is 22.2. The predicted octanol–water partition coefficient (Wildman–Crippen LogP) is 8.78. The molecule has 0 bridgehead atoms. The molecule has 0 saturated heterocycles. The van der Waals surface area contributed by atoms with Crippen LogP contribution in [0.1, 0.15) is 29.5 Å². The summed E-state index contributed by atoms with van der Waals surface area (Å²) in [7, 11) is 0. The van der Waals surface area contributed by atoms with Gasteiger partial charge >= 0.3 is 0 Å². The molecule has 0 spiro atoms. The molecule has 1 nitrogen and oxygen atoms in total. The van der Waals surface area contributed by atoms with Gasteiger partial charge in [-0.05, 0) is 51.6 Å². The molecule has 148 valence electrons. The lowest BCUT2D eigenvalue weighted by atomic mass is 9.75. The molecule has 0 radical (unpaired) electrons. The third-order valence-electron chi connectivity index (χ3n) is 6.61. The zero-order chi connectivity index (χ0) is 20.4. The Kier molecular flexibility index (Phi) is 4.28. The van der Waals surface area contributed by atoms with Gasteiger partial charge in [-0.1, -0.05) is 95.5 Å². The molecule has 0 unspecified atom stereocenters. The molecule has 2 aliphatic rings. The Morgan fingerprint density at radius 2 is 1.43 bits per heavy atom. The van der Waals surface area contributed by atoms with Crippen LogP contribution in [0.15, 0.2) is 72.8 Å². The fourth-order valence-electron chi connectivity index (χ4n) is 5.33. The van der Waals surface area contributed by atoms with E-state index in [4.69, 9.17) is 34.8 Å². The first kappa shape index (κ1) is 18.6. The number of rotatable bonds is 1. The van der Waals surface area contributed by atoms with Gasteiger partial charge in [-0.15, -0.1) is 0 Å². The Hall–Kier alpha value is -2.19. The lowest BCUT2D eigenvalue weighted by Crippen LogP contribution is -2.30. The van der Waals surface area contributed by atoms with Gasteiger partial charge in [-0.3, -0.25) is 0 Å². The van der Waals surface area contributed by atoms with E-state index in [1.807, 2.05) is 0 Å². The Labute approximate surface area is 190 Å². The molecule has 1 N–H and O–H groups in total. The summed E-state index contributed by atoms with van der Waals surface area (Å²) >= 11 is 19.7. The third kappa shape index (κ3) is 2.62. The highest BCUT2D eigenvalue weighted by Crippen LogP contribution is 2.56. The molecule has 1 heterocycles. The van der Waals surface area contributed by atoms with Crippen LogP contribution in [-0.2, 0) is 0 Å². The highest BCUT2D eigenvalue weighted by atomic mass is 35.5. The largest absolute Gasteiger partial charge is 0.376 e. The first-order chi connectivity index (χ1) is 14.6. The highest BCUT2D eigenvalue weighted by molar-refractivity contribution is 6.44. The van der Waals surface area contributed by atoms with E-state index in [0.29, 0.717) is 21.0 Å². The van der Waals surface area contributed by atoms with E-state index in [1.165, 1.54) is 27.1 Å². The van der Waals surface area contributed by atoms with Crippen molar-refractivity contribution in [2.24, 2.45) is 5.92 Å². The molecule has 1 aliphatic carbocycles. The van der Waals surface area contributed by atoms with Crippen LogP contribution in [0.25, 0.3) is 21.5 Å². The summed E-state index contributed by atoms with van der Waals surface area (Å²) in [6.45, 7) is 0. The van der Waals surface area contributed by atoms with Crippen molar-refractivity contribution in [3.8, 4) is 0 Å². The van der Waals surface area contributed by atoms with Crippen molar-refractivity contribution in [1.82, 2.24) is 0 Å². The van der Waals surface area contributed by atoms with Crippen molar-refractivity contribution in [3.63, 3.8) is 0 Å². The minimum absolute atomic E-state index is 0.114. The van der Waals surface area contributed by atoms with Gasteiger partial charge in [0.15, 0.2) is 0 Å².